The highest BCUT2D eigenvalue weighted by molar-refractivity contribution is 7.80. The maximum absolute atomic E-state index is 13.8. The lowest BCUT2D eigenvalue weighted by atomic mass is 10.00. The van der Waals surface area contributed by atoms with Crippen molar-refractivity contribution in [3.8, 4) is 0 Å². The van der Waals surface area contributed by atoms with Crippen LogP contribution in [0.25, 0.3) is 0 Å². The molecule has 37 N–H and O–H groups in total. The molecule has 0 bridgehead atoms. The second-order valence-electron chi connectivity index (χ2n) is 34.9. The largest absolute Gasteiger partial charge is 0.480 e. The summed E-state index contributed by atoms with van der Waals surface area (Å²) in [5.74, 6) is -19.0. The number of nitrogens with one attached hydrogen (secondary N) is 19. The summed E-state index contributed by atoms with van der Waals surface area (Å²) < 4.78 is 0. The molecule has 0 aromatic heterocycles. The summed E-state index contributed by atoms with van der Waals surface area (Å²) in [6.45, 7) is 3.11. The van der Waals surface area contributed by atoms with E-state index in [9.17, 15) is 111 Å². The van der Waals surface area contributed by atoms with Crippen molar-refractivity contribution in [2.24, 2.45) is 66.8 Å². The number of Topliss-reactive ketones (excluding diaryl/α,β-unsaturated/α-hetero) is 1. The van der Waals surface area contributed by atoms with Crippen LogP contribution in [0.3, 0.4) is 0 Å². The van der Waals surface area contributed by atoms with E-state index >= 15 is 0 Å². The molecule has 3 aliphatic heterocycles. The molecule has 0 aliphatic carbocycles. The first kappa shape index (κ1) is 126. The molecule has 3 heterocycles. The molecule has 0 saturated carbocycles. The third-order valence-corrected chi connectivity index (χ3v) is 23.4. The Balaban J connectivity index is 0.000000466. The Morgan fingerprint density at radius 1 is 0.362 bits per heavy atom. The van der Waals surface area contributed by atoms with Crippen molar-refractivity contribution < 1.29 is 116 Å². The summed E-state index contributed by atoms with van der Waals surface area (Å²) >= 11 is 11.8. The molecule has 149 heavy (non-hydrogen) atoms. The first-order valence-electron chi connectivity index (χ1n) is 47.8. The molecule has 3 aromatic carbocycles. The van der Waals surface area contributed by atoms with Gasteiger partial charge in [0.15, 0.2) is 17.9 Å². The number of aliphatic carboxylic acids is 2. The number of carboxylic acid groups (broad SMARTS) is 2. The number of amides is 19. The molecular formula is C92H140N30O24S3. The van der Waals surface area contributed by atoms with Gasteiger partial charge in [0.05, 0.1) is 45.1 Å². The molecule has 3 fully saturated rings. The Labute approximate surface area is 875 Å². The van der Waals surface area contributed by atoms with Gasteiger partial charge in [-0.1, -0.05) is 105 Å². The Morgan fingerprint density at radius 2 is 0.664 bits per heavy atom. The average Bonchev–Trinajstić information content (AvgIpc) is 1.85. The quantitative estimate of drug-likeness (QED) is 0.0108. The number of ketones is 1. The normalized spacial score (nSPS) is 21.2. The van der Waals surface area contributed by atoms with Crippen LogP contribution in [0.4, 0.5) is 0 Å². The molecule has 54 nitrogen and oxygen atoms in total. The highest BCUT2D eigenvalue weighted by Gasteiger charge is 2.40. The Morgan fingerprint density at radius 3 is 0.993 bits per heavy atom. The fourth-order valence-electron chi connectivity index (χ4n) is 14.4. The zero-order valence-corrected chi connectivity index (χ0v) is 85.5. The van der Waals surface area contributed by atoms with Crippen LogP contribution in [0.1, 0.15) is 134 Å². The van der Waals surface area contributed by atoms with Gasteiger partial charge in [0, 0.05) is 69.1 Å². The van der Waals surface area contributed by atoms with E-state index < -0.39 is 260 Å². The van der Waals surface area contributed by atoms with Gasteiger partial charge in [0.1, 0.15) is 90.4 Å². The summed E-state index contributed by atoms with van der Waals surface area (Å²) in [6.07, 6.45) is 1.19. The summed E-state index contributed by atoms with van der Waals surface area (Å²) in [7, 11) is 0. The minimum absolute atomic E-state index is 0.0219. The predicted molar refractivity (Wildman–Crippen MR) is 553 cm³/mol. The van der Waals surface area contributed by atoms with Gasteiger partial charge < -0.3 is 157 Å². The maximum Gasteiger partial charge on any atom is 0.327 e. The number of carboxylic acids is 2. The van der Waals surface area contributed by atoms with Crippen LogP contribution in [0.2, 0.25) is 0 Å². The number of hydrogen-bond donors (Lipinski definition) is 32. The number of hydrogen-bond acceptors (Lipinski definition) is 30. The maximum atomic E-state index is 13.8. The molecule has 19 amide bonds. The number of guanidine groups is 3. The first-order valence-corrected chi connectivity index (χ1v) is 49.7. The number of unbranched alkanes of at least 4 members (excludes halogenated alkanes) is 2. The van der Waals surface area contributed by atoms with Crippen molar-refractivity contribution in [1.29, 1.82) is 0 Å². The monoisotopic (exact) mass is 2140 g/mol. The molecule has 6 rings (SSSR count). The molecule has 820 valence electrons. The van der Waals surface area contributed by atoms with Crippen LogP contribution in [-0.4, -0.2) is 325 Å². The number of aliphatic imine (C=N–C) groups is 3. The summed E-state index contributed by atoms with van der Waals surface area (Å²) in [4.78, 5) is 297. The van der Waals surface area contributed by atoms with Gasteiger partial charge in [0.2, 0.25) is 112 Å². The number of carbonyl (C=O) groups excluding carboxylic acids is 20. The fraction of sp³-hybridized carbons (Fsp3) is 0.533. The van der Waals surface area contributed by atoms with Crippen LogP contribution >= 0.6 is 37.9 Å². The van der Waals surface area contributed by atoms with Crippen molar-refractivity contribution in [3.63, 3.8) is 0 Å². The molecule has 3 aliphatic rings. The molecule has 0 spiro atoms. The van der Waals surface area contributed by atoms with E-state index in [1.807, 2.05) is 0 Å². The minimum atomic E-state index is -1.61. The third kappa shape index (κ3) is 50.3. The van der Waals surface area contributed by atoms with E-state index in [4.69, 9.17) is 51.0 Å². The number of nitrogens with zero attached hydrogens (tertiary/aromatic N) is 3. The summed E-state index contributed by atoms with van der Waals surface area (Å²) in [5.41, 5.74) is 45.6. The SMILES string of the molecule is CC(=O)C[C@@H]1NC(=O)CNC(=O)[C@H](CCCN=C(N)N)NC(=O)[C@H](CCCCNC(=O)[C@H](N)CS)NC(=O)[C@@H](Cc2ccccc2)NC1=O.CC(C)[C@@H]1NC(=O)[C@@H](Cc2ccccc2)NC(=O)[C@H](CC(=O)N[C@H](CS)C(=O)O)NC(=O)CNC(=O)[C@H](CCCN=C(N)N)NC1=O.NCCCC[C@@H]1NC(=O)[C@@H](Cc2ccccc2)NC(=O)[C@H](CC(=O)NCC(=O)N[C@H](CS)C(=O)O)NC(=O)CNC(=O)[C@H](CCCN=C(N)N)NC1=O. The smallest absolute Gasteiger partial charge is 0.327 e. The Bertz CT molecular complexity index is 5120. The summed E-state index contributed by atoms with van der Waals surface area (Å²) in [5, 5.41) is 65.9. The molecule has 15 atom stereocenters. The Hall–Kier alpha value is -15.0. The molecule has 0 radical (unpaired) electrons. The molecule has 3 aromatic rings. The number of thiol groups is 3. The van der Waals surface area contributed by atoms with Crippen molar-refractivity contribution in [2.75, 3.05) is 76.2 Å². The average molecular weight is 2150 g/mol. The van der Waals surface area contributed by atoms with Crippen molar-refractivity contribution in [1.82, 2.24) is 101 Å². The van der Waals surface area contributed by atoms with E-state index in [1.165, 1.54) is 6.92 Å². The van der Waals surface area contributed by atoms with Crippen LogP contribution in [0.15, 0.2) is 106 Å². The van der Waals surface area contributed by atoms with Crippen LogP contribution in [0.5, 0.6) is 0 Å². The summed E-state index contributed by atoms with van der Waals surface area (Å²) in [6, 6.07) is 7.41. The minimum Gasteiger partial charge on any atom is -0.480 e. The van der Waals surface area contributed by atoms with E-state index in [-0.39, 0.29) is 144 Å². The second-order valence-corrected chi connectivity index (χ2v) is 36.0. The Kier molecular flexibility index (Phi) is 58.0. The van der Waals surface area contributed by atoms with Crippen molar-refractivity contribution >= 4 is 186 Å². The van der Waals surface area contributed by atoms with Gasteiger partial charge in [0.25, 0.3) is 0 Å². The number of carbonyl (C=O) groups is 22. The van der Waals surface area contributed by atoms with E-state index in [0.29, 0.717) is 48.9 Å². The lowest BCUT2D eigenvalue weighted by Crippen LogP contribution is -2.59. The lowest BCUT2D eigenvalue weighted by molar-refractivity contribution is -0.141. The van der Waals surface area contributed by atoms with Crippen LogP contribution in [0, 0.1) is 5.92 Å². The van der Waals surface area contributed by atoms with Gasteiger partial charge in [-0.3, -0.25) is 111 Å². The molecule has 57 heteroatoms. The molecule has 0 unspecified atom stereocenters. The molecule has 3 saturated heterocycles. The topological polar surface area (TPSA) is 890 Å². The van der Waals surface area contributed by atoms with Gasteiger partial charge in [-0.05, 0) is 113 Å². The van der Waals surface area contributed by atoms with E-state index in [0.717, 1.165) is 0 Å². The molecular weight excluding hydrogens is 2010 g/mol. The van der Waals surface area contributed by atoms with Crippen molar-refractivity contribution in [3.05, 3.63) is 108 Å². The van der Waals surface area contributed by atoms with Gasteiger partial charge in [-0.2, -0.15) is 37.9 Å². The first-order chi connectivity index (χ1) is 70.7. The zero-order valence-electron chi connectivity index (χ0n) is 82.8. The number of benzene rings is 3. The van der Waals surface area contributed by atoms with Crippen LogP contribution < -0.4 is 147 Å². The predicted octanol–water partition coefficient (Wildman–Crippen LogP) is -10.7. The lowest BCUT2D eigenvalue weighted by Gasteiger charge is -2.27. The van der Waals surface area contributed by atoms with E-state index in [2.05, 4.69) is 154 Å². The van der Waals surface area contributed by atoms with Crippen molar-refractivity contribution in [2.45, 2.75) is 227 Å². The second kappa shape index (κ2) is 68.4. The number of rotatable bonds is 44. The van der Waals surface area contributed by atoms with Crippen LogP contribution in [-0.2, 0) is 125 Å². The third-order valence-electron chi connectivity index (χ3n) is 22.3. The standard InChI is InChI=1S/C32H49N11O9S.C31H48N10O7S.C29H43N9O8S/c33-11-5-4-9-20-28(48)41-19(10-6-12-36-32(34)35)27(47)38-16-26(46)39-22(14-24(44)37-15-25(45)40-23(17-53)31(51)52)30(50)43-21(29(49)42-20)13-18-7-2-1-3-8-18;1-18(42)14-23-29(47)41-24(15-19-8-3-2-4-9-19)30(48)40-22(10-5-6-12-35-26(44)20(32)17-49)28(46)39-21(11-7-13-36-31(33)34)27(45)37-16-25(43)38-23;1-15(2)23-27(44)36-17(9-6-10-32-29(30)31)24(41)33-13-22(40)34-19(12-21(39)35-20(14-47)28(45)46)25(42)37-18(26(43)38-23)11-16-7-4-3-5-8-16/h1-3,7-8,19-23,53H,4-6,9-17,33H2,(H,37,44)(H,38,47)(H,39,46)(H,40,45)(H,41,48)(H,42,49)(H,43,50)(H,51,52)(H4,34,35,36);2-4,8-9,20-24,49H,5-7,10-17,32H2,1H3,(H,35,44)(H,37,45)(H,38,43)(H,39,46)(H,40,48)(H,41,47)(H4,33,34,36);3-5,7-8,15,17-20,23,47H,6,9-14H2,1-2H3,(H,33,41)(H,34,40)(H,35,39)(H,36,44)(H,37,42)(H,38,43)(H,45,46)(H4,30,31,32)/t19-,20-,21+,22-,23+;20-,21+,22+,23+,24-;17-,18+,19-,20+,23-/m010/s1. The van der Waals surface area contributed by atoms with Gasteiger partial charge >= 0.3 is 11.9 Å². The number of nitrogens with two attached hydrogens (primary N) is 8. The highest BCUT2D eigenvalue weighted by Crippen LogP contribution is 2.16. The van der Waals surface area contributed by atoms with Gasteiger partial charge in [-0.15, -0.1) is 0 Å². The fourth-order valence-corrected chi connectivity index (χ4v) is 15.1. The van der Waals surface area contributed by atoms with E-state index in [1.54, 1.807) is 105 Å². The zero-order chi connectivity index (χ0) is 111. The van der Waals surface area contributed by atoms with Gasteiger partial charge in [-0.25, -0.2) is 9.59 Å². The highest BCUT2D eigenvalue weighted by atomic mass is 32.1.